The minimum atomic E-state index is -0.762. The average molecular weight is 359 g/mol. The van der Waals surface area contributed by atoms with E-state index in [1.807, 2.05) is 18.2 Å². The lowest BCUT2D eigenvalue weighted by Crippen LogP contribution is -2.50. The van der Waals surface area contributed by atoms with Crippen molar-refractivity contribution < 1.29 is 14.4 Å². The molecule has 4 amide bonds. The van der Waals surface area contributed by atoms with Crippen LogP contribution in [0.25, 0.3) is 10.2 Å². The molecule has 25 heavy (non-hydrogen) atoms. The van der Waals surface area contributed by atoms with Crippen LogP contribution in [0.2, 0.25) is 0 Å². The summed E-state index contributed by atoms with van der Waals surface area (Å²) < 4.78 is 1.15. The van der Waals surface area contributed by atoms with Gasteiger partial charge in [0.25, 0.3) is 5.91 Å². The molecule has 0 spiro atoms. The van der Waals surface area contributed by atoms with Gasteiger partial charge in [0.1, 0.15) is 6.04 Å². The highest BCUT2D eigenvalue weighted by molar-refractivity contribution is 7.22. The number of thiazole rings is 1. The Hall–Kier alpha value is -2.68. The first-order valence-electron chi connectivity index (χ1n) is 8.10. The van der Waals surface area contributed by atoms with Crippen molar-refractivity contribution in [3.8, 4) is 0 Å². The van der Waals surface area contributed by atoms with Gasteiger partial charge in [-0.05, 0) is 12.1 Å². The van der Waals surface area contributed by atoms with Crippen LogP contribution in [0.3, 0.4) is 0 Å². The summed E-state index contributed by atoms with van der Waals surface area (Å²) in [7, 11) is 0. The second-order valence-corrected chi connectivity index (χ2v) is 7.06. The van der Waals surface area contributed by atoms with Crippen LogP contribution in [0.5, 0.6) is 0 Å². The molecule has 8 nitrogen and oxygen atoms in total. The van der Waals surface area contributed by atoms with Crippen molar-refractivity contribution >= 4 is 44.5 Å². The van der Waals surface area contributed by atoms with Crippen LogP contribution in [0.1, 0.15) is 6.42 Å². The van der Waals surface area contributed by atoms with Gasteiger partial charge in [0.2, 0.25) is 5.91 Å². The maximum atomic E-state index is 12.4. The lowest BCUT2D eigenvalue weighted by Gasteiger charge is -2.34. The lowest BCUT2D eigenvalue weighted by atomic mass is 10.2. The number of hydrogen-bond acceptors (Lipinski definition) is 6. The molecule has 2 saturated heterocycles. The van der Waals surface area contributed by atoms with Crippen LogP contribution in [0.4, 0.5) is 9.93 Å². The monoisotopic (exact) mass is 359 g/mol. The lowest BCUT2D eigenvalue weighted by molar-refractivity contribution is -0.134. The molecule has 9 heteroatoms. The maximum Gasteiger partial charge on any atom is 0.322 e. The number of carbonyl (C=O) groups excluding carboxylic acids is 3. The number of benzene rings is 1. The highest BCUT2D eigenvalue weighted by Crippen LogP contribution is 2.29. The molecule has 1 aromatic heterocycles. The molecule has 2 aliphatic rings. The van der Waals surface area contributed by atoms with Crippen LogP contribution in [-0.2, 0) is 9.59 Å². The van der Waals surface area contributed by atoms with E-state index in [1.165, 1.54) is 0 Å². The fraction of sp³-hybridized carbons (Fsp3) is 0.375. The van der Waals surface area contributed by atoms with Crippen LogP contribution in [-0.4, -0.2) is 60.0 Å². The molecular formula is C16H17N5O3S. The number of hydrogen-bond donors (Lipinski definition) is 2. The van der Waals surface area contributed by atoms with E-state index in [0.29, 0.717) is 26.2 Å². The predicted molar refractivity (Wildman–Crippen MR) is 93.5 cm³/mol. The first kappa shape index (κ1) is 15.8. The highest BCUT2D eigenvalue weighted by atomic mass is 32.1. The fourth-order valence-electron chi connectivity index (χ4n) is 3.05. The second kappa shape index (κ2) is 6.32. The number of aromatic nitrogens is 1. The Morgan fingerprint density at radius 1 is 1.20 bits per heavy atom. The molecule has 2 aromatic rings. The van der Waals surface area contributed by atoms with Crippen molar-refractivity contribution in [2.45, 2.75) is 12.5 Å². The van der Waals surface area contributed by atoms with E-state index in [2.05, 4.69) is 26.6 Å². The maximum absolute atomic E-state index is 12.4. The summed E-state index contributed by atoms with van der Waals surface area (Å²) >= 11 is 1.65. The minimum absolute atomic E-state index is 0.00128. The number of fused-ring (bicyclic) bond motifs is 1. The van der Waals surface area contributed by atoms with Crippen molar-refractivity contribution in [3.63, 3.8) is 0 Å². The molecule has 0 saturated carbocycles. The fourth-order valence-corrected chi connectivity index (χ4v) is 4.07. The second-order valence-electron chi connectivity index (χ2n) is 6.05. The Labute approximate surface area is 147 Å². The van der Waals surface area contributed by atoms with E-state index >= 15 is 0 Å². The third-order valence-electron chi connectivity index (χ3n) is 4.42. The first-order valence-corrected chi connectivity index (χ1v) is 8.91. The van der Waals surface area contributed by atoms with Gasteiger partial charge >= 0.3 is 6.03 Å². The number of anilines is 1. The van der Waals surface area contributed by atoms with Gasteiger partial charge in [-0.25, -0.2) is 9.78 Å². The molecule has 2 aliphatic heterocycles. The van der Waals surface area contributed by atoms with Gasteiger partial charge in [-0.1, -0.05) is 23.5 Å². The van der Waals surface area contributed by atoms with Crippen molar-refractivity contribution in [1.29, 1.82) is 0 Å². The first-order chi connectivity index (χ1) is 12.1. The number of urea groups is 1. The van der Waals surface area contributed by atoms with E-state index in [1.54, 1.807) is 16.2 Å². The molecule has 0 radical (unpaired) electrons. The standard InChI is InChI=1S/C16H17N5O3S/c22-13(9-11-14(23)19-15(24)17-11)20-5-7-21(8-6-20)16-18-10-3-1-2-4-12(10)25-16/h1-4,11H,5-9H2,(H2,17,19,23,24). The molecule has 4 rings (SSSR count). The van der Waals surface area contributed by atoms with Crippen molar-refractivity contribution in [1.82, 2.24) is 20.5 Å². The molecule has 0 aliphatic carbocycles. The summed E-state index contributed by atoms with van der Waals surface area (Å²) in [4.78, 5) is 43.6. The molecule has 130 valence electrons. The number of piperazine rings is 1. The van der Waals surface area contributed by atoms with Gasteiger partial charge in [0.05, 0.1) is 16.6 Å². The Morgan fingerprint density at radius 2 is 1.96 bits per heavy atom. The summed E-state index contributed by atoms with van der Waals surface area (Å²) in [6, 6.07) is 6.72. The molecule has 2 N–H and O–H groups in total. The van der Waals surface area contributed by atoms with E-state index < -0.39 is 18.0 Å². The Morgan fingerprint density at radius 3 is 2.64 bits per heavy atom. The van der Waals surface area contributed by atoms with Crippen LogP contribution < -0.4 is 15.5 Å². The topological polar surface area (TPSA) is 94.6 Å². The van der Waals surface area contributed by atoms with Crippen LogP contribution in [0.15, 0.2) is 24.3 Å². The van der Waals surface area contributed by atoms with E-state index in [-0.39, 0.29) is 12.3 Å². The number of para-hydroxylation sites is 1. The van der Waals surface area contributed by atoms with Crippen molar-refractivity contribution in [2.24, 2.45) is 0 Å². The average Bonchev–Trinajstić information content (AvgIpc) is 3.18. The molecule has 0 bridgehead atoms. The molecule has 3 heterocycles. The van der Waals surface area contributed by atoms with Crippen molar-refractivity contribution in [2.75, 3.05) is 31.1 Å². The quantitative estimate of drug-likeness (QED) is 0.780. The summed E-state index contributed by atoms with van der Waals surface area (Å²) in [6.07, 6.45) is -0.00128. The third-order valence-corrected chi connectivity index (χ3v) is 5.52. The Balaban J connectivity index is 1.35. The summed E-state index contributed by atoms with van der Waals surface area (Å²) in [5, 5.41) is 5.57. The van der Waals surface area contributed by atoms with Gasteiger partial charge < -0.3 is 15.1 Å². The Bertz CT molecular complexity index is 810. The molecule has 2 fully saturated rings. The largest absolute Gasteiger partial charge is 0.345 e. The third kappa shape index (κ3) is 3.14. The smallest absolute Gasteiger partial charge is 0.322 e. The molecular weight excluding hydrogens is 342 g/mol. The molecule has 1 aromatic carbocycles. The van der Waals surface area contributed by atoms with E-state index in [4.69, 9.17) is 0 Å². The minimum Gasteiger partial charge on any atom is -0.345 e. The normalized spacial score (nSPS) is 20.7. The number of carbonyl (C=O) groups is 3. The Kier molecular flexibility index (Phi) is 4.00. The van der Waals surface area contributed by atoms with Gasteiger partial charge in [0.15, 0.2) is 5.13 Å². The number of nitrogens with zero attached hydrogens (tertiary/aromatic N) is 3. The molecule has 1 unspecified atom stereocenters. The van der Waals surface area contributed by atoms with Crippen LogP contribution in [0, 0.1) is 0 Å². The summed E-state index contributed by atoms with van der Waals surface area (Å²) in [5.41, 5.74) is 0.990. The SMILES string of the molecule is O=C1NC(=O)C(CC(=O)N2CCN(c3nc4ccccc4s3)CC2)N1. The zero-order valence-electron chi connectivity index (χ0n) is 13.4. The van der Waals surface area contributed by atoms with E-state index in [9.17, 15) is 14.4 Å². The number of amides is 4. The number of nitrogens with one attached hydrogen (secondary N) is 2. The van der Waals surface area contributed by atoms with Crippen molar-refractivity contribution in [3.05, 3.63) is 24.3 Å². The summed E-state index contributed by atoms with van der Waals surface area (Å²) in [6.45, 7) is 2.57. The molecule has 1 atom stereocenters. The zero-order valence-corrected chi connectivity index (χ0v) is 14.2. The number of imide groups is 1. The van der Waals surface area contributed by atoms with Crippen LogP contribution >= 0.6 is 11.3 Å². The zero-order chi connectivity index (χ0) is 17.4. The van der Waals surface area contributed by atoms with E-state index in [0.717, 1.165) is 15.3 Å². The van der Waals surface area contributed by atoms with Gasteiger partial charge in [-0.3, -0.25) is 14.9 Å². The highest BCUT2D eigenvalue weighted by Gasteiger charge is 2.33. The predicted octanol–water partition coefficient (Wildman–Crippen LogP) is 0.543. The van der Waals surface area contributed by atoms with Gasteiger partial charge in [0, 0.05) is 26.2 Å². The van der Waals surface area contributed by atoms with Gasteiger partial charge in [-0.2, -0.15) is 0 Å². The van der Waals surface area contributed by atoms with Gasteiger partial charge in [-0.15, -0.1) is 0 Å². The summed E-state index contributed by atoms with van der Waals surface area (Å²) in [5.74, 6) is -0.558. The number of rotatable bonds is 3.